The standard InChI is InChI=1S/C13H16N5O4S.Y/c1-2-23(20,21)4-3-9-8(19)5-10(22-9)18-7-17-11-12(14)15-6-16-13(11)18;/h1-2,6-10,19H,3-5H2,(H2,14,15,16);/q-1;/t8-,9+,10+;/m0./s1. The molecule has 0 spiro atoms. The van der Waals surface area contributed by atoms with Crippen molar-refractivity contribution in [3.8, 4) is 0 Å². The van der Waals surface area contributed by atoms with Crippen molar-refractivity contribution >= 4 is 26.8 Å². The fraction of sp³-hybridized carbons (Fsp3) is 0.462. The third-order valence-electron chi connectivity index (χ3n) is 3.80. The van der Waals surface area contributed by atoms with Gasteiger partial charge >= 0.3 is 0 Å². The first kappa shape index (κ1) is 19.4. The molecule has 1 aliphatic rings. The molecule has 9 nitrogen and oxygen atoms in total. The molecule has 1 saturated heterocycles. The van der Waals surface area contributed by atoms with E-state index in [-0.39, 0.29) is 50.7 Å². The Bertz CT molecular complexity index is 840. The monoisotopic (exact) mass is 427 g/mol. The Hall–Kier alpha value is -0.936. The van der Waals surface area contributed by atoms with Crippen molar-refractivity contribution in [1.29, 1.82) is 0 Å². The molecule has 127 valence electrons. The van der Waals surface area contributed by atoms with Gasteiger partial charge in [0.1, 0.15) is 27.9 Å². The molecule has 2 aromatic heterocycles. The molecule has 0 unspecified atom stereocenters. The number of hydrogen-bond acceptors (Lipinski definition) is 8. The van der Waals surface area contributed by atoms with Crippen molar-refractivity contribution in [2.45, 2.75) is 31.3 Å². The molecule has 0 aromatic carbocycles. The van der Waals surface area contributed by atoms with Crippen LogP contribution in [0.1, 0.15) is 19.1 Å². The maximum absolute atomic E-state index is 11.4. The van der Waals surface area contributed by atoms with Crippen LogP contribution in [0.2, 0.25) is 0 Å². The van der Waals surface area contributed by atoms with Gasteiger partial charge in [0.25, 0.3) is 0 Å². The van der Waals surface area contributed by atoms with E-state index < -0.39 is 28.3 Å². The number of hydrogen-bond donors (Lipinski definition) is 2. The largest absolute Gasteiger partial charge is 0.502 e. The summed E-state index contributed by atoms with van der Waals surface area (Å²) in [5, 5.41) is 10.8. The minimum atomic E-state index is -3.44. The summed E-state index contributed by atoms with van der Waals surface area (Å²) in [6.07, 6.45) is 1.39. The Morgan fingerprint density at radius 1 is 1.46 bits per heavy atom. The van der Waals surface area contributed by atoms with Crippen LogP contribution in [-0.4, -0.2) is 51.0 Å². The molecule has 1 radical (unpaired) electrons. The zero-order valence-electron chi connectivity index (χ0n) is 12.7. The minimum Gasteiger partial charge on any atom is -0.502 e. The molecule has 3 N–H and O–H groups in total. The number of sulfone groups is 1. The average molecular weight is 427 g/mol. The van der Waals surface area contributed by atoms with Crippen LogP contribution in [-0.2, 0) is 47.3 Å². The molecule has 3 rings (SSSR count). The molecule has 24 heavy (non-hydrogen) atoms. The second-order valence-electron chi connectivity index (χ2n) is 5.31. The predicted octanol–water partition coefficient (Wildman–Crippen LogP) is -0.194. The fourth-order valence-corrected chi connectivity index (χ4v) is 3.27. The van der Waals surface area contributed by atoms with Crippen LogP contribution >= 0.6 is 0 Å². The number of nitrogens with zero attached hydrogens (tertiary/aromatic N) is 4. The third-order valence-corrected chi connectivity index (χ3v) is 5.02. The number of imidazole rings is 1. The van der Waals surface area contributed by atoms with E-state index in [1.807, 2.05) is 0 Å². The van der Waals surface area contributed by atoms with Crippen molar-refractivity contribution in [2.24, 2.45) is 0 Å². The van der Waals surface area contributed by atoms with Crippen molar-refractivity contribution in [3.63, 3.8) is 0 Å². The molecule has 0 saturated carbocycles. The van der Waals surface area contributed by atoms with Crippen LogP contribution in [0.3, 0.4) is 0 Å². The van der Waals surface area contributed by atoms with Gasteiger partial charge in [-0.3, -0.25) is 4.57 Å². The van der Waals surface area contributed by atoms with E-state index in [0.29, 0.717) is 23.0 Å². The van der Waals surface area contributed by atoms with E-state index in [9.17, 15) is 13.5 Å². The topological polar surface area (TPSA) is 133 Å². The summed E-state index contributed by atoms with van der Waals surface area (Å²) >= 11 is 0. The minimum absolute atomic E-state index is 0. The zero-order valence-corrected chi connectivity index (χ0v) is 16.3. The van der Waals surface area contributed by atoms with E-state index in [0.717, 1.165) is 0 Å². The van der Waals surface area contributed by atoms with Crippen LogP contribution in [0, 0.1) is 6.58 Å². The van der Waals surface area contributed by atoms with Crippen molar-refractivity contribution in [2.75, 3.05) is 11.5 Å². The normalized spacial score (nSPS) is 24.0. The molecule has 0 amide bonds. The summed E-state index contributed by atoms with van der Waals surface area (Å²) in [4.78, 5) is 12.1. The zero-order chi connectivity index (χ0) is 16.6. The summed E-state index contributed by atoms with van der Waals surface area (Å²) in [6.45, 7) is 5.05. The molecular formula is C13H16N5O4SY-. The number of rotatable bonds is 5. The first-order valence-electron chi connectivity index (χ1n) is 6.95. The smallest absolute Gasteiger partial charge is 0.167 e. The van der Waals surface area contributed by atoms with E-state index in [4.69, 9.17) is 17.0 Å². The van der Waals surface area contributed by atoms with Crippen LogP contribution in [0.25, 0.3) is 11.2 Å². The Labute approximate surface area is 164 Å². The molecule has 1 aliphatic heterocycles. The maximum atomic E-state index is 11.4. The first-order chi connectivity index (χ1) is 10.9. The van der Waals surface area contributed by atoms with Gasteiger partial charge < -0.3 is 22.2 Å². The van der Waals surface area contributed by atoms with Crippen LogP contribution in [0.15, 0.2) is 18.1 Å². The molecule has 0 aliphatic carbocycles. The number of aromatic nitrogens is 4. The third kappa shape index (κ3) is 3.83. The van der Waals surface area contributed by atoms with Gasteiger partial charge in [-0.2, -0.15) is 5.41 Å². The Morgan fingerprint density at radius 2 is 2.21 bits per heavy atom. The fourth-order valence-electron chi connectivity index (χ4n) is 2.58. The summed E-state index contributed by atoms with van der Waals surface area (Å²) in [5.41, 5.74) is 6.69. The van der Waals surface area contributed by atoms with Crippen molar-refractivity contribution in [3.05, 3.63) is 24.6 Å². The van der Waals surface area contributed by atoms with Crippen LogP contribution in [0.4, 0.5) is 5.82 Å². The Kier molecular flexibility index (Phi) is 6.08. The maximum Gasteiger partial charge on any atom is 0.167 e. The van der Waals surface area contributed by atoms with E-state index in [1.54, 1.807) is 4.57 Å². The molecule has 3 atom stereocenters. The summed E-state index contributed by atoms with van der Waals surface area (Å²) in [5.74, 6) is 0.0750. The summed E-state index contributed by atoms with van der Waals surface area (Å²) < 4.78 is 30.3. The van der Waals surface area contributed by atoms with Gasteiger partial charge in [0.2, 0.25) is 0 Å². The Morgan fingerprint density at radius 3 is 2.92 bits per heavy atom. The molecule has 0 bridgehead atoms. The molecule has 2 aromatic rings. The number of fused-ring (bicyclic) bond motifs is 1. The SMILES string of the molecule is [CH-]=CS(=O)(=O)CC[C@H]1O[C@@H](n2cnc3c(N)ncnc32)C[C@@H]1O.[Y]. The summed E-state index contributed by atoms with van der Waals surface area (Å²) in [7, 11) is -3.44. The van der Waals surface area contributed by atoms with Gasteiger partial charge in [0.05, 0.1) is 24.3 Å². The second kappa shape index (κ2) is 7.53. The molecular weight excluding hydrogens is 411 g/mol. The first-order valence-corrected chi connectivity index (χ1v) is 8.67. The van der Waals surface area contributed by atoms with Crippen LogP contribution in [0.5, 0.6) is 0 Å². The number of ether oxygens (including phenoxy) is 1. The Balaban J connectivity index is 0.00000208. The number of nitrogens with two attached hydrogens (primary N) is 1. The van der Waals surface area contributed by atoms with E-state index >= 15 is 0 Å². The molecule has 1 fully saturated rings. The van der Waals surface area contributed by atoms with Gasteiger partial charge in [-0.15, -0.1) is 0 Å². The average Bonchev–Trinajstić information content (AvgIpc) is 3.10. The van der Waals surface area contributed by atoms with Crippen LogP contribution < -0.4 is 5.73 Å². The number of aliphatic hydroxyl groups is 1. The van der Waals surface area contributed by atoms with Crippen molar-refractivity contribution < 1.29 is 51.0 Å². The second-order valence-corrected chi connectivity index (χ2v) is 7.31. The predicted molar refractivity (Wildman–Crippen MR) is 81.5 cm³/mol. The van der Waals surface area contributed by atoms with Crippen molar-refractivity contribution in [1.82, 2.24) is 19.5 Å². The van der Waals surface area contributed by atoms with Gasteiger partial charge in [-0.25, -0.2) is 23.4 Å². The van der Waals surface area contributed by atoms with E-state index in [1.165, 1.54) is 12.7 Å². The number of aliphatic hydroxyl groups excluding tert-OH is 1. The number of nitrogen functional groups attached to an aromatic ring is 1. The molecule has 11 heteroatoms. The van der Waals surface area contributed by atoms with Gasteiger partial charge in [-0.05, 0) is 6.42 Å². The van der Waals surface area contributed by atoms with Gasteiger partial charge in [0, 0.05) is 39.1 Å². The van der Waals surface area contributed by atoms with E-state index in [2.05, 4.69) is 15.0 Å². The summed E-state index contributed by atoms with van der Waals surface area (Å²) in [6, 6.07) is 0. The number of anilines is 1. The van der Waals surface area contributed by atoms with Gasteiger partial charge in [0.15, 0.2) is 11.5 Å². The van der Waals surface area contributed by atoms with Gasteiger partial charge in [-0.1, -0.05) is 0 Å². The molecule has 3 heterocycles. The quantitative estimate of drug-likeness (QED) is 0.628.